The molecule has 0 aromatic heterocycles. The minimum absolute atomic E-state index is 0.244. The highest BCUT2D eigenvalue weighted by atomic mass is 32.2. The van der Waals surface area contributed by atoms with Crippen molar-refractivity contribution in [2.75, 3.05) is 6.61 Å². The van der Waals surface area contributed by atoms with Crippen LogP contribution < -0.4 is 4.74 Å². The maximum absolute atomic E-state index is 12.5. The van der Waals surface area contributed by atoms with E-state index in [-0.39, 0.29) is 17.7 Å². The minimum atomic E-state index is -0.258. The summed E-state index contributed by atoms with van der Waals surface area (Å²) >= 11 is 0.968. The van der Waals surface area contributed by atoms with Gasteiger partial charge in [-0.3, -0.25) is 14.5 Å². The predicted octanol–water partition coefficient (Wildman–Crippen LogP) is 4.49. The van der Waals surface area contributed by atoms with Gasteiger partial charge >= 0.3 is 0 Å². The largest absolute Gasteiger partial charge is 0.490 e. The molecule has 0 spiro atoms. The number of hydrogen-bond donors (Lipinski definition) is 0. The minimum Gasteiger partial charge on any atom is -0.490 e. The van der Waals surface area contributed by atoms with Crippen LogP contribution in [0, 0.1) is 0 Å². The summed E-state index contributed by atoms with van der Waals surface area (Å²) < 4.78 is 5.43. The Hall–Kier alpha value is -2.79. The molecule has 1 fully saturated rings. The van der Waals surface area contributed by atoms with Crippen molar-refractivity contribution in [3.8, 4) is 5.75 Å². The van der Waals surface area contributed by atoms with Gasteiger partial charge in [0.2, 0.25) is 0 Å². The van der Waals surface area contributed by atoms with Crippen LogP contribution in [-0.2, 0) is 11.3 Å². The van der Waals surface area contributed by atoms with Gasteiger partial charge in [-0.1, -0.05) is 55.1 Å². The number of carbonyl (C=O) groups excluding carboxylic acids is 2. The number of benzene rings is 2. The van der Waals surface area contributed by atoms with Crippen LogP contribution in [-0.4, -0.2) is 22.7 Å². The summed E-state index contributed by atoms with van der Waals surface area (Å²) in [6, 6.07) is 16.8. The Kier molecular flexibility index (Phi) is 5.36. The van der Waals surface area contributed by atoms with Crippen LogP contribution in [0.4, 0.5) is 4.79 Å². The molecule has 0 atom stereocenters. The Morgan fingerprint density at radius 3 is 2.44 bits per heavy atom. The van der Waals surface area contributed by atoms with Gasteiger partial charge in [0, 0.05) is 0 Å². The highest BCUT2D eigenvalue weighted by molar-refractivity contribution is 8.18. The van der Waals surface area contributed by atoms with Gasteiger partial charge < -0.3 is 4.74 Å². The van der Waals surface area contributed by atoms with Gasteiger partial charge in [-0.25, -0.2) is 0 Å². The average Bonchev–Trinajstić information content (AvgIpc) is 2.89. The van der Waals surface area contributed by atoms with Gasteiger partial charge in [0.1, 0.15) is 12.4 Å². The van der Waals surface area contributed by atoms with Crippen molar-refractivity contribution < 1.29 is 14.3 Å². The second-order valence-corrected chi connectivity index (χ2v) is 6.42. The van der Waals surface area contributed by atoms with Gasteiger partial charge in [0.15, 0.2) is 0 Å². The highest BCUT2D eigenvalue weighted by Crippen LogP contribution is 2.33. The number of carbonyl (C=O) groups is 2. The predicted molar refractivity (Wildman–Crippen MR) is 100 cm³/mol. The van der Waals surface area contributed by atoms with E-state index >= 15 is 0 Å². The molecule has 0 radical (unpaired) electrons. The first-order valence-corrected chi connectivity index (χ1v) is 8.62. The number of ether oxygens (including phenoxy) is 1. The molecular weight excluding hydrogens is 334 g/mol. The summed E-state index contributed by atoms with van der Waals surface area (Å²) in [5.41, 5.74) is 1.77. The van der Waals surface area contributed by atoms with Crippen molar-refractivity contribution in [2.45, 2.75) is 6.54 Å². The Labute approximate surface area is 150 Å². The van der Waals surface area contributed by atoms with Crippen LogP contribution >= 0.6 is 11.8 Å². The van der Waals surface area contributed by atoms with Gasteiger partial charge in [0.05, 0.1) is 11.4 Å². The fraction of sp³-hybridized carbons (Fsp3) is 0.100. The Morgan fingerprint density at radius 1 is 1.04 bits per heavy atom. The molecule has 2 amide bonds. The van der Waals surface area contributed by atoms with Crippen LogP contribution in [0.3, 0.4) is 0 Å². The molecule has 0 aliphatic carbocycles. The molecule has 0 saturated carbocycles. The standard InChI is InChI=1S/C20H17NO3S/c1-2-12-24-17-10-8-15(9-11-17)13-18-19(22)21(20(23)25-18)14-16-6-4-3-5-7-16/h2-11,13H,1,12,14H2/b18-13+. The Morgan fingerprint density at radius 2 is 1.76 bits per heavy atom. The maximum atomic E-state index is 12.5. The van der Waals surface area contributed by atoms with Gasteiger partial charge in [-0.2, -0.15) is 0 Å². The summed E-state index contributed by atoms with van der Waals surface area (Å²) in [6.45, 7) is 4.33. The van der Waals surface area contributed by atoms with E-state index in [0.717, 1.165) is 28.6 Å². The number of nitrogens with zero attached hydrogens (tertiary/aromatic N) is 1. The molecule has 0 bridgehead atoms. The van der Waals surface area contributed by atoms with Crippen molar-refractivity contribution >= 4 is 29.0 Å². The van der Waals surface area contributed by atoms with Crippen LogP contribution in [0.25, 0.3) is 6.08 Å². The van der Waals surface area contributed by atoms with Crippen molar-refractivity contribution in [1.29, 1.82) is 0 Å². The lowest BCUT2D eigenvalue weighted by Crippen LogP contribution is -2.27. The molecule has 2 aromatic carbocycles. The van der Waals surface area contributed by atoms with Crippen molar-refractivity contribution in [2.24, 2.45) is 0 Å². The summed E-state index contributed by atoms with van der Waals surface area (Å²) in [5.74, 6) is 0.472. The third kappa shape index (κ3) is 4.19. The van der Waals surface area contributed by atoms with E-state index in [9.17, 15) is 9.59 Å². The topological polar surface area (TPSA) is 46.6 Å². The number of amides is 2. The molecule has 1 aliphatic heterocycles. The normalized spacial score (nSPS) is 15.7. The first kappa shape index (κ1) is 17.0. The maximum Gasteiger partial charge on any atom is 0.293 e. The first-order chi connectivity index (χ1) is 12.2. The number of rotatable bonds is 6. The van der Waals surface area contributed by atoms with Crippen LogP contribution in [0.5, 0.6) is 5.75 Å². The third-order valence-corrected chi connectivity index (χ3v) is 4.51. The van der Waals surface area contributed by atoms with Crippen molar-refractivity contribution in [3.05, 3.63) is 83.3 Å². The third-order valence-electron chi connectivity index (χ3n) is 3.60. The molecule has 5 heteroatoms. The van der Waals surface area contributed by atoms with E-state index in [0.29, 0.717) is 11.5 Å². The van der Waals surface area contributed by atoms with E-state index in [1.54, 1.807) is 12.2 Å². The lowest BCUT2D eigenvalue weighted by Gasteiger charge is -2.12. The first-order valence-electron chi connectivity index (χ1n) is 7.80. The summed E-state index contributed by atoms with van der Waals surface area (Å²) in [4.78, 5) is 26.4. The second kappa shape index (κ2) is 7.85. The van der Waals surface area contributed by atoms with E-state index < -0.39 is 0 Å². The molecule has 0 unspecified atom stereocenters. The fourth-order valence-corrected chi connectivity index (χ4v) is 3.21. The molecule has 1 saturated heterocycles. The van der Waals surface area contributed by atoms with Crippen LogP contribution in [0.2, 0.25) is 0 Å². The smallest absolute Gasteiger partial charge is 0.293 e. The molecule has 1 heterocycles. The summed E-state index contributed by atoms with van der Waals surface area (Å²) in [7, 11) is 0. The summed E-state index contributed by atoms with van der Waals surface area (Å²) in [6.07, 6.45) is 3.41. The SMILES string of the molecule is C=CCOc1ccc(/C=C2/SC(=O)N(Cc3ccccc3)C2=O)cc1. The zero-order chi connectivity index (χ0) is 17.6. The van der Waals surface area contributed by atoms with Crippen molar-refractivity contribution in [3.63, 3.8) is 0 Å². The van der Waals surface area contributed by atoms with E-state index in [2.05, 4.69) is 6.58 Å². The van der Waals surface area contributed by atoms with E-state index in [1.165, 1.54) is 4.90 Å². The molecule has 4 nitrogen and oxygen atoms in total. The quantitative estimate of drug-likeness (QED) is 0.568. The lowest BCUT2D eigenvalue weighted by atomic mass is 10.2. The molecule has 3 rings (SSSR count). The Bertz CT molecular complexity index is 813. The highest BCUT2D eigenvalue weighted by Gasteiger charge is 2.34. The number of thioether (sulfide) groups is 1. The zero-order valence-electron chi connectivity index (χ0n) is 13.6. The van der Waals surface area contributed by atoms with Gasteiger partial charge in [-0.15, -0.1) is 0 Å². The molecular formula is C20H17NO3S. The van der Waals surface area contributed by atoms with E-state index in [4.69, 9.17) is 4.74 Å². The average molecular weight is 351 g/mol. The van der Waals surface area contributed by atoms with Gasteiger partial charge in [0.25, 0.3) is 11.1 Å². The van der Waals surface area contributed by atoms with Crippen LogP contribution in [0.1, 0.15) is 11.1 Å². The molecule has 25 heavy (non-hydrogen) atoms. The molecule has 0 N–H and O–H groups in total. The zero-order valence-corrected chi connectivity index (χ0v) is 14.4. The molecule has 126 valence electrons. The lowest BCUT2D eigenvalue weighted by molar-refractivity contribution is -0.123. The summed E-state index contributed by atoms with van der Waals surface area (Å²) in [5, 5.41) is -0.244. The fourth-order valence-electron chi connectivity index (χ4n) is 2.37. The Balaban J connectivity index is 1.72. The second-order valence-electron chi connectivity index (χ2n) is 5.42. The van der Waals surface area contributed by atoms with Crippen molar-refractivity contribution in [1.82, 2.24) is 4.90 Å². The molecule has 2 aromatic rings. The monoisotopic (exact) mass is 351 g/mol. The van der Waals surface area contributed by atoms with Crippen LogP contribution in [0.15, 0.2) is 72.2 Å². The number of imide groups is 1. The van der Waals surface area contributed by atoms with Gasteiger partial charge in [-0.05, 0) is 41.1 Å². The molecule has 1 aliphatic rings. The number of hydrogen-bond acceptors (Lipinski definition) is 4. The van der Waals surface area contributed by atoms with E-state index in [1.807, 2.05) is 54.6 Å².